The number of aromatic nitrogens is 3. The van der Waals surface area contributed by atoms with Crippen molar-refractivity contribution in [2.24, 2.45) is 0 Å². The van der Waals surface area contributed by atoms with E-state index in [0.717, 1.165) is 60.9 Å². The number of fused-ring (bicyclic) bond motifs is 6. The van der Waals surface area contributed by atoms with E-state index in [0.29, 0.717) is 17.5 Å². The van der Waals surface area contributed by atoms with E-state index in [2.05, 4.69) is 164 Å². The molecule has 4 nitrogen and oxygen atoms in total. The molecule has 0 amide bonds. The van der Waals surface area contributed by atoms with Gasteiger partial charge in [0.05, 0.1) is 0 Å². The van der Waals surface area contributed by atoms with Gasteiger partial charge >= 0.3 is 0 Å². The lowest BCUT2D eigenvalue weighted by Crippen LogP contribution is -2.00. The number of thiophene rings is 1. The van der Waals surface area contributed by atoms with Crippen LogP contribution in [0.2, 0.25) is 0 Å². The molecule has 0 saturated carbocycles. The number of nitrogens with zero attached hydrogens (tertiary/aromatic N) is 3. The molecule has 0 atom stereocenters. The standard InChI is InChI=1S/C51H31N3OS/c1-3-13-32(14-4-1)34-17-9-19-36(29-34)49-52-50(37-20-10-18-35(30-37)33-15-5-2-6-16-33)54-51(53-49)38-27-28-39-41-23-11-24-42(48(41)56-46(39)31-38)40-22-12-26-45-47(40)43-21-7-8-25-44(43)55-45/h1-31H. The van der Waals surface area contributed by atoms with E-state index in [4.69, 9.17) is 19.4 Å². The van der Waals surface area contributed by atoms with Crippen LogP contribution in [0, 0.1) is 0 Å². The Morgan fingerprint density at radius 3 is 1.52 bits per heavy atom. The van der Waals surface area contributed by atoms with Crippen LogP contribution >= 0.6 is 11.3 Å². The molecule has 3 aromatic heterocycles. The number of benzene rings is 8. The summed E-state index contributed by atoms with van der Waals surface area (Å²) in [4.78, 5) is 15.5. The Kier molecular flexibility index (Phi) is 7.64. The highest BCUT2D eigenvalue weighted by atomic mass is 32.1. The average molecular weight is 734 g/mol. The van der Waals surface area contributed by atoms with Gasteiger partial charge in [0, 0.05) is 53.2 Å². The lowest BCUT2D eigenvalue weighted by Gasteiger charge is -2.11. The van der Waals surface area contributed by atoms with Crippen molar-refractivity contribution < 1.29 is 4.42 Å². The van der Waals surface area contributed by atoms with E-state index in [1.54, 1.807) is 0 Å². The summed E-state index contributed by atoms with van der Waals surface area (Å²) < 4.78 is 8.69. The monoisotopic (exact) mass is 733 g/mol. The van der Waals surface area contributed by atoms with Crippen molar-refractivity contribution in [1.29, 1.82) is 0 Å². The van der Waals surface area contributed by atoms with Crippen LogP contribution in [0.25, 0.3) is 110 Å². The van der Waals surface area contributed by atoms with Gasteiger partial charge in [-0.15, -0.1) is 11.3 Å². The third-order valence-electron chi connectivity index (χ3n) is 10.5. The average Bonchev–Trinajstić information content (AvgIpc) is 3.85. The minimum atomic E-state index is 0.632. The third-order valence-corrected chi connectivity index (χ3v) is 11.7. The van der Waals surface area contributed by atoms with E-state index in [1.807, 2.05) is 35.6 Å². The minimum absolute atomic E-state index is 0.632. The van der Waals surface area contributed by atoms with Crippen LogP contribution in [0.15, 0.2) is 192 Å². The number of hydrogen-bond donors (Lipinski definition) is 0. The van der Waals surface area contributed by atoms with E-state index in [1.165, 1.54) is 31.3 Å². The Labute approximate surface area is 327 Å². The maximum absolute atomic E-state index is 6.28. The molecule has 8 aromatic carbocycles. The zero-order valence-corrected chi connectivity index (χ0v) is 30.9. The molecule has 5 heteroatoms. The van der Waals surface area contributed by atoms with Gasteiger partial charge in [-0.3, -0.25) is 0 Å². The summed E-state index contributed by atoms with van der Waals surface area (Å²) in [5.74, 6) is 1.90. The van der Waals surface area contributed by atoms with Crippen LogP contribution in [0.1, 0.15) is 0 Å². The number of hydrogen-bond acceptors (Lipinski definition) is 5. The van der Waals surface area contributed by atoms with Crippen molar-refractivity contribution in [3.8, 4) is 67.5 Å². The Hall–Kier alpha value is -7.21. The predicted molar refractivity (Wildman–Crippen MR) is 233 cm³/mol. The molecule has 3 heterocycles. The normalized spacial score (nSPS) is 11.6. The van der Waals surface area contributed by atoms with Crippen LogP contribution in [-0.4, -0.2) is 15.0 Å². The molecular weight excluding hydrogens is 703 g/mol. The summed E-state index contributed by atoms with van der Waals surface area (Å²) in [6, 6.07) is 65.6. The second-order valence-corrected chi connectivity index (χ2v) is 15.0. The molecule has 0 unspecified atom stereocenters. The second-order valence-electron chi connectivity index (χ2n) is 14.0. The van der Waals surface area contributed by atoms with Crippen LogP contribution in [0.5, 0.6) is 0 Å². The number of furan rings is 1. The van der Waals surface area contributed by atoms with E-state index in [-0.39, 0.29) is 0 Å². The topological polar surface area (TPSA) is 51.8 Å². The molecule has 0 spiro atoms. The van der Waals surface area contributed by atoms with Gasteiger partial charge in [-0.05, 0) is 58.1 Å². The van der Waals surface area contributed by atoms with Crippen LogP contribution in [0.3, 0.4) is 0 Å². The summed E-state index contributed by atoms with van der Waals surface area (Å²) in [6.07, 6.45) is 0. The molecule has 262 valence electrons. The first kappa shape index (κ1) is 32.2. The fourth-order valence-electron chi connectivity index (χ4n) is 7.85. The van der Waals surface area contributed by atoms with Crippen LogP contribution in [0.4, 0.5) is 0 Å². The minimum Gasteiger partial charge on any atom is -0.456 e. The lowest BCUT2D eigenvalue weighted by atomic mass is 9.98. The first-order chi connectivity index (χ1) is 27.7. The lowest BCUT2D eigenvalue weighted by molar-refractivity contribution is 0.669. The first-order valence-corrected chi connectivity index (χ1v) is 19.5. The SMILES string of the molecule is c1ccc(-c2cccc(-c3nc(-c4cccc(-c5ccccc5)c4)nc(-c4ccc5c(c4)sc4c(-c6cccc7oc8ccccc8c67)cccc45)n3)c2)cc1. The highest BCUT2D eigenvalue weighted by molar-refractivity contribution is 7.26. The summed E-state index contributed by atoms with van der Waals surface area (Å²) in [6.45, 7) is 0. The molecule has 0 N–H and O–H groups in total. The Morgan fingerprint density at radius 2 is 0.839 bits per heavy atom. The summed E-state index contributed by atoms with van der Waals surface area (Å²) in [5.41, 5.74) is 11.5. The zero-order valence-electron chi connectivity index (χ0n) is 30.1. The Balaban J connectivity index is 1.07. The van der Waals surface area contributed by atoms with Crippen molar-refractivity contribution in [2.75, 3.05) is 0 Å². The van der Waals surface area contributed by atoms with Gasteiger partial charge in [0.25, 0.3) is 0 Å². The van der Waals surface area contributed by atoms with Gasteiger partial charge in [-0.2, -0.15) is 0 Å². The van der Waals surface area contributed by atoms with Gasteiger partial charge in [0.15, 0.2) is 17.5 Å². The summed E-state index contributed by atoms with van der Waals surface area (Å²) in [7, 11) is 0. The van der Waals surface area contributed by atoms with Crippen LogP contribution in [-0.2, 0) is 0 Å². The molecule has 0 radical (unpaired) electrons. The second kappa shape index (κ2) is 13.3. The van der Waals surface area contributed by atoms with E-state index < -0.39 is 0 Å². The number of rotatable bonds is 6. The molecule has 0 fully saturated rings. The van der Waals surface area contributed by atoms with E-state index >= 15 is 0 Å². The predicted octanol–water partition coefficient (Wildman–Crippen LogP) is 14.1. The van der Waals surface area contributed by atoms with Crippen molar-refractivity contribution in [3.63, 3.8) is 0 Å². The van der Waals surface area contributed by atoms with Gasteiger partial charge < -0.3 is 4.42 Å². The smallest absolute Gasteiger partial charge is 0.164 e. The zero-order chi connectivity index (χ0) is 37.0. The fraction of sp³-hybridized carbons (Fsp3) is 0. The van der Waals surface area contributed by atoms with E-state index in [9.17, 15) is 0 Å². The molecule has 56 heavy (non-hydrogen) atoms. The van der Waals surface area contributed by atoms with Gasteiger partial charge in [-0.1, -0.05) is 158 Å². The highest BCUT2D eigenvalue weighted by Gasteiger charge is 2.18. The summed E-state index contributed by atoms with van der Waals surface area (Å²) in [5, 5.41) is 4.71. The molecule has 0 bridgehead atoms. The van der Waals surface area contributed by atoms with Crippen molar-refractivity contribution >= 4 is 53.4 Å². The number of para-hydroxylation sites is 1. The first-order valence-electron chi connectivity index (χ1n) is 18.7. The molecule has 0 aliphatic rings. The molecule has 0 aliphatic heterocycles. The van der Waals surface area contributed by atoms with Gasteiger partial charge in [0.1, 0.15) is 11.2 Å². The molecule has 11 aromatic rings. The Bertz CT molecular complexity index is 3160. The van der Waals surface area contributed by atoms with Crippen molar-refractivity contribution in [2.45, 2.75) is 0 Å². The third kappa shape index (κ3) is 5.56. The van der Waals surface area contributed by atoms with Crippen LogP contribution < -0.4 is 0 Å². The summed E-state index contributed by atoms with van der Waals surface area (Å²) >= 11 is 1.81. The van der Waals surface area contributed by atoms with Gasteiger partial charge in [0.2, 0.25) is 0 Å². The van der Waals surface area contributed by atoms with Crippen molar-refractivity contribution in [1.82, 2.24) is 15.0 Å². The van der Waals surface area contributed by atoms with Crippen molar-refractivity contribution in [3.05, 3.63) is 188 Å². The maximum Gasteiger partial charge on any atom is 0.164 e. The molecule has 0 aliphatic carbocycles. The fourth-order valence-corrected chi connectivity index (χ4v) is 9.12. The molecule has 11 rings (SSSR count). The molecular formula is C51H31N3OS. The maximum atomic E-state index is 6.28. The quantitative estimate of drug-likeness (QED) is 0.171. The molecule has 0 saturated heterocycles. The Morgan fingerprint density at radius 1 is 0.339 bits per heavy atom. The largest absolute Gasteiger partial charge is 0.456 e. The van der Waals surface area contributed by atoms with Gasteiger partial charge in [-0.25, -0.2) is 15.0 Å². The highest BCUT2D eigenvalue weighted by Crippen LogP contribution is 2.44.